The molecule has 0 saturated carbocycles. The quantitative estimate of drug-likeness (QED) is 0.667. The van der Waals surface area contributed by atoms with Crippen LogP contribution in [0.15, 0.2) is 29.6 Å². The van der Waals surface area contributed by atoms with Crippen molar-refractivity contribution in [2.24, 2.45) is 0 Å². The molecule has 0 aliphatic heterocycles. The molecule has 1 aromatic carbocycles. The van der Waals surface area contributed by atoms with Crippen molar-refractivity contribution in [1.29, 1.82) is 0 Å². The number of hydrogen-bond donors (Lipinski definition) is 1. The Hall–Kier alpha value is -2.22. The van der Waals surface area contributed by atoms with Crippen molar-refractivity contribution in [3.05, 3.63) is 46.8 Å². The summed E-state index contributed by atoms with van der Waals surface area (Å²) in [4.78, 5) is 11.7. The molecule has 0 aliphatic carbocycles. The number of nitrogens with zero attached hydrogens (tertiary/aromatic N) is 2. The molecule has 1 N–H and O–H groups in total. The standard InChI is InChI=1S/C17H16F3N3OS/c1-9-7-21-14(10(2)15(9)24-3)8-25-16-22-12-5-4-11(17(18,19)20)6-13(12)23-16/h4-7H,8H2,1-3H3,(H,22,23). The van der Waals surface area contributed by atoms with Crippen LogP contribution in [0.2, 0.25) is 0 Å². The number of aromatic amines is 1. The van der Waals surface area contributed by atoms with E-state index in [1.54, 1.807) is 13.3 Å². The zero-order chi connectivity index (χ0) is 18.2. The van der Waals surface area contributed by atoms with Crippen molar-refractivity contribution in [3.8, 4) is 5.75 Å². The number of methoxy groups -OCH3 is 1. The molecule has 4 nitrogen and oxygen atoms in total. The highest BCUT2D eigenvalue weighted by molar-refractivity contribution is 7.98. The van der Waals surface area contributed by atoms with E-state index in [4.69, 9.17) is 4.74 Å². The van der Waals surface area contributed by atoms with E-state index in [0.717, 1.165) is 34.7 Å². The van der Waals surface area contributed by atoms with E-state index < -0.39 is 11.7 Å². The maximum atomic E-state index is 12.8. The van der Waals surface area contributed by atoms with Crippen LogP contribution in [0.3, 0.4) is 0 Å². The molecule has 0 radical (unpaired) electrons. The van der Waals surface area contributed by atoms with Crippen LogP contribution in [0.4, 0.5) is 13.2 Å². The number of benzene rings is 1. The summed E-state index contributed by atoms with van der Waals surface area (Å²) < 4.78 is 43.7. The molecule has 0 fully saturated rings. The van der Waals surface area contributed by atoms with Crippen LogP contribution >= 0.6 is 11.8 Å². The highest BCUT2D eigenvalue weighted by atomic mass is 32.2. The summed E-state index contributed by atoms with van der Waals surface area (Å²) >= 11 is 1.39. The molecule has 0 bridgehead atoms. The summed E-state index contributed by atoms with van der Waals surface area (Å²) in [5, 5.41) is 0.551. The van der Waals surface area contributed by atoms with Crippen molar-refractivity contribution < 1.29 is 17.9 Å². The second-order valence-corrected chi connectivity index (χ2v) is 6.57. The molecule has 0 spiro atoms. The van der Waals surface area contributed by atoms with Gasteiger partial charge in [0, 0.05) is 23.1 Å². The summed E-state index contributed by atoms with van der Waals surface area (Å²) in [6.45, 7) is 3.86. The van der Waals surface area contributed by atoms with Gasteiger partial charge >= 0.3 is 6.18 Å². The summed E-state index contributed by atoms with van der Waals surface area (Å²) in [5.41, 5.74) is 2.93. The lowest BCUT2D eigenvalue weighted by atomic mass is 10.1. The Morgan fingerprint density at radius 3 is 2.68 bits per heavy atom. The number of alkyl halides is 3. The molecule has 2 heterocycles. The first-order valence-electron chi connectivity index (χ1n) is 7.48. The van der Waals surface area contributed by atoms with Gasteiger partial charge in [0.2, 0.25) is 0 Å². The number of thioether (sulfide) groups is 1. The van der Waals surface area contributed by atoms with Crippen LogP contribution in [-0.2, 0) is 11.9 Å². The lowest BCUT2D eigenvalue weighted by Gasteiger charge is -2.11. The van der Waals surface area contributed by atoms with Crippen molar-refractivity contribution in [2.75, 3.05) is 7.11 Å². The Balaban J connectivity index is 1.82. The number of rotatable bonds is 4. The number of aryl methyl sites for hydroxylation is 1. The van der Waals surface area contributed by atoms with Gasteiger partial charge in [-0.1, -0.05) is 11.8 Å². The third-order valence-electron chi connectivity index (χ3n) is 3.88. The zero-order valence-corrected chi connectivity index (χ0v) is 14.7. The van der Waals surface area contributed by atoms with Crippen LogP contribution in [-0.4, -0.2) is 22.1 Å². The van der Waals surface area contributed by atoms with Crippen molar-refractivity contribution in [1.82, 2.24) is 15.0 Å². The average Bonchev–Trinajstić information content (AvgIpc) is 2.95. The Morgan fingerprint density at radius 2 is 2.00 bits per heavy atom. The third kappa shape index (κ3) is 3.58. The van der Waals surface area contributed by atoms with Gasteiger partial charge in [0.15, 0.2) is 5.16 Å². The van der Waals surface area contributed by atoms with E-state index in [9.17, 15) is 13.2 Å². The molecule has 0 unspecified atom stereocenters. The molecule has 0 amide bonds. The minimum absolute atomic E-state index is 0.364. The molecular weight excluding hydrogens is 351 g/mol. The minimum Gasteiger partial charge on any atom is -0.496 e. The van der Waals surface area contributed by atoms with Crippen molar-refractivity contribution in [2.45, 2.75) is 30.9 Å². The first-order chi connectivity index (χ1) is 11.8. The lowest BCUT2D eigenvalue weighted by molar-refractivity contribution is -0.137. The summed E-state index contributed by atoms with van der Waals surface area (Å²) in [5.74, 6) is 1.33. The van der Waals surface area contributed by atoms with Gasteiger partial charge in [-0.2, -0.15) is 13.2 Å². The van der Waals surface area contributed by atoms with E-state index in [1.807, 2.05) is 13.8 Å². The molecule has 25 heavy (non-hydrogen) atoms. The van der Waals surface area contributed by atoms with Gasteiger partial charge < -0.3 is 9.72 Å². The van der Waals surface area contributed by atoms with E-state index in [-0.39, 0.29) is 0 Å². The van der Waals surface area contributed by atoms with Crippen molar-refractivity contribution in [3.63, 3.8) is 0 Å². The Morgan fingerprint density at radius 1 is 1.24 bits per heavy atom. The fourth-order valence-electron chi connectivity index (χ4n) is 2.58. The van der Waals surface area contributed by atoms with E-state index >= 15 is 0 Å². The molecule has 8 heteroatoms. The SMILES string of the molecule is COc1c(C)cnc(CSc2nc3ccc(C(F)(F)F)cc3[nH]2)c1C. The number of halogens is 3. The minimum atomic E-state index is -4.37. The smallest absolute Gasteiger partial charge is 0.416 e. The molecule has 3 rings (SSSR count). The molecular formula is C17H16F3N3OS. The van der Waals surface area contributed by atoms with Gasteiger partial charge in [0.1, 0.15) is 5.75 Å². The Labute approximate surface area is 146 Å². The van der Waals surface area contributed by atoms with Crippen LogP contribution in [0.25, 0.3) is 11.0 Å². The van der Waals surface area contributed by atoms with Gasteiger partial charge in [-0.3, -0.25) is 4.98 Å². The van der Waals surface area contributed by atoms with Crippen LogP contribution in [0.1, 0.15) is 22.4 Å². The second kappa shape index (κ2) is 6.59. The summed E-state index contributed by atoms with van der Waals surface area (Å²) in [7, 11) is 1.61. The highest BCUT2D eigenvalue weighted by Crippen LogP contribution is 2.32. The molecule has 3 aromatic rings. The van der Waals surface area contributed by atoms with E-state index in [1.165, 1.54) is 17.8 Å². The van der Waals surface area contributed by atoms with E-state index in [2.05, 4.69) is 15.0 Å². The van der Waals surface area contributed by atoms with Gasteiger partial charge in [0.05, 0.1) is 29.4 Å². The number of H-pyrrole nitrogens is 1. The zero-order valence-electron chi connectivity index (χ0n) is 13.9. The summed E-state index contributed by atoms with van der Waals surface area (Å²) in [6.07, 6.45) is -2.62. The average molecular weight is 367 g/mol. The molecule has 0 aliphatic rings. The third-order valence-corrected chi connectivity index (χ3v) is 4.77. The van der Waals surface area contributed by atoms with Gasteiger partial charge in [-0.15, -0.1) is 0 Å². The number of aromatic nitrogens is 3. The topological polar surface area (TPSA) is 50.8 Å². The predicted molar refractivity (Wildman–Crippen MR) is 90.9 cm³/mol. The Kier molecular flexibility index (Phi) is 4.64. The summed E-state index contributed by atoms with van der Waals surface area (Å²) in [6, 6.07) is 3.48. The van der Waals surface area contributed by atoms with E-state index in [0.29, 0.717) is 21.9 Å². The number of hydrogen-bond acceptors (Lipinski definition) is 4. The highest BCUT2D eigenvalue weighted by Gasteiger charge is 2.30. The first kappa shape index (κ1) is 17.6. The predicted octanol–water partition coefficient (Wildman–Crippen LogP) is 4.89. The lowest BCUT2D eigenvalue weighted by Crippen LogP contribution is -2.04. The molecule has 2 aromatic heterocycles. The monoisotopic (exact) mass is 367 g/mol. The van der Waals surface area contributed by atoms with Gasteiger partial charge in [-0.25, -0.2) is 4.98 Å². The maximum absolute atomic E-state index is 12.8. The normalized spacial score (nSPS) is 11.9. The Bertz CT molecular complexity index is 921. The number of ether oxygens (including phenoxy) is 1. The number of fused-ring (bicyclic) bond motifs is 1. The maximum Gasteiger partial charge on any atom is 0.416 e. The largest absolute Gasteiger partial charge is 0.496 e. The molecule has 0 saturated heterocycles. The van der Waals surface area contributed by atoms with Gasteiger partial charge in [0.25, 0.3) is 0 Å². The van der Waals surface area contributed by atoms with Crippen LogP contribution in [0.5, 0.6) is 5.75 Å². The first-order valence-corrected chi connectivity index (χ1v) is 8.47. The van der Waals surface area contributed by atoms with Gasteiger partial charge in [-0.05, 0) is 32.0 Å². The van der Waals surface area contributed by atoms with Crippen LogP contribution < -0.4 is 4.74 Å². The number of imidazole rings is 1. The fraction of sp³-hybridized carbons (Fsp3) is 0.294. The molecule has 0 atom stereocenters. The van der Waals surface area contributed by atoms with Crippen molar-refractivity contribution >= 4 is 22.8 Å². The number of pyridine rings is 1. The number of nitrogens with one attached hydrogen (secondary N) is 1. The molecule has 132 valence electrons. The fourth-order valence-corrected chi connectivity index (χ4v) is 3.49. The van der Waals surface area contributed by atoms with Crippen LogP contribution in [0, 0.1) is 13.8 Å². The second-order valence-electron chi connectivity index (χ2n) is 5.61.